The van der Waals surface area contributed by atoms with E-state index in [0.29, 0.717) is 12.5 Å². The predicted octanol–water partition coefficient (Wildman–Crippen LogP) is 4.15. The molecule has 0 saturated carbocycles. The van der Waals surface area contributed by atoms with E-state index in [1.54, 1.807) is 13.3 Å². The maximum atomic E-state index is 5.16. The summed E-state index contributed by atoms with van der Waals surface area (Å²) in [7, 11) is 1.66. The van der Waals surface area contributed by atoms with Crippen LogP contribution >= 0.6 is 0 Å². The highest BCUT2D eigenvalue weighted by atomic mass is 16.5. The fourth-order valence-corrected chi connectivity index (χ4v) is 2.22. The molecule has 2 aromatic carbocycles. The second-order valence-electron chi connectivity index (χ2n) is 5.46. The Labute approximate surface area is 141 Å². The first kappa shape index (κ1) is 15.8. The van der Waals surface area contributed by atoms with Crippen molar-refractivity contribution in [2.24, 2.45) is 0 Å². The van der Waals surface area contributed by atoms with Crippen LogP contribution in [0.5, 0.6) is 5.75 Å². The molecule has 3 aromatic rings. The molecule has 0 amide bonds. The molecule has 1 heterocycles. The zero-order valence-corrected chi connectivity index (χ0v) is 13.8. The summed E-state index contributed by atoms with van der Waals surface area (Å²) in [5.74, 6) is 2.19. The number of hydrogen-bond donors (Lipinski definition) is 2. The minimum Gasteiger partial charge on any atom is -0.497 e. The third-order valence-electron chi connectivity index (χ3n) is 3.60. The molecule has 24 heavy (non-hydrogen) atoms. The lowest BCUT2D eigenvalue weighted by atomic mass is 10.2. The number of anilines is 3. The Morgan fingerprint density at radius 1 is 0.958 bits per heavy atom. The van der Waals surface area contributed by atoms with Gasteiger partial charge in [0.25, 0.3) is 0 Å². The van der Waals surface area contributed by atoms with Gasteiger partial charge in [-0.2, -0.15) is 4.98 Å². The number of ether oxygens (including phenoxy) is 1. The van der Waals surface area contributed by atoms with Crippen molar-refractivity contribution in [2.75, 3.05) is 17.7 Å². The monoisotopic (exact) mass is 320 g/mol. The summed E-state index contributed by atoms with van der Waals surface area (Å²) in [6, 6.07) is 17.9. The third kappa shape index (κ3) is 4.23. The van der Waals surface area contributed by atoms with Gasteiger partial charge in [0.15, 0.2) is 0 Å². The number of aryl methyl sites for hydroxylation is 1. The van der Waals surface area contributed by atoms with Crippen LogP contribution in [0.2, 0.25) is 0 Å². The number of methoxy groups -OCH3 is 1. The van der Waals surface area contributed by atoms with Crippen molar-refractivity contribution in [1.82, 2.24) is 9.97 Å². The Morgan fingerprint density at radius 3 is 2.42 bits per heavy atom. The highest BCUT2D eigenvalue weighted by Crippen LogP contribution is 2.16. The Balaban J connectivity index is 1.63. The van der Waals surface area contributed by atoms with E-state index in [9.17, 15) is 0 Å². The van der Waals surface area contributed by atoms with Crippen molar-refractivity contribution >= 4 is 17.5 Å². The van der Waals surface area contributed by atoms with Gasteiger partial charge in [0, 0.05) is 18.4 Å². The van der Waals surface area contributed by atoms with E-state index in [1.165, 1.54) is 5.56 Å². The number of benzene rings is 2. The topological polar surface area (TPSA) is 59.1 Å². The molecule has 5 heteroatoms. The summed E-state index contributed by atoms with van der Waals surface area (Å²) in [6.45, 7) is 2.75. The van der Waals surface area contributed by atoms with E-state index < -0.39 is 0 Å². The van der Waals surface area contributed by atoms with Crippen LogP contribution in [0.15, 0.2) is 60.8 Å². The number of aromatic nitrogens is 2. The van der Waals surface area contributed by atoms with Gasteiger partial charge < -0.3 is 15.4 Å². The van der Waals surface area contributed by atoms with Crippen molar-refractivity contribution in [1.29, 1.82) is 0 Å². The van der Waals surface area contributed by atoms with Gasteiger partial charge in [0.2, 0.25) is 5.95 Å². The van der Waals surface area contributed by atoms with E-state index >= 15 is 0 Å². The lowest BCUT2D eigenvalue weighted by Gasteiger charge is -2.09. The van der Waals surface area contributed by atoms with Crippen LogP contribution < -0.4 is 15.4 Å². The lowest BCUT2D eigenvalue weighted by molar-refractivity contribution is 0.414. The molecule has 0 aliphatic heterocycles. The Kier molecular flexibility index (Phi) is 4.91. The second kappa shape index (κ2) is 7.46. The molecular formula is C19H20N4O. The summed E-state index contributed by atoms with van der Waals surface area (Å²) < 4.78 is 5.16. The average Bonchev–Trinajstić information content (AvgIpc) is 2.63. The van der Waals surface area contributed by atoms with E-state index in [1.807, 2.05) is 54.6 Å². The van der Waals surface area contributed by atoms with Crippen LogP contribution in [0.25, 0.3) is 0 Å². The van der Waals surface area contributed by atoms with Crippen LogP contribution in [0.3, 0.4) is 0 Å². The molecule has 0 aliphatic rings. The molecule has 0 unspecified atom stereocenters. The van der Waals surface area contributed by atoms with Crippen LogP contribution in [0.1, 0.15) is 11.1 Å². The molecule has 1 aromatic heterocycles. The van der Waals surface area contributed by atoms with Gasteiger partial charge in [0.1, 0.15) is 11.6 Å². The molecule has 0 saturated heterocycles. The fraction of sp³-hybridized carbons (Fsp3) is 0.158. The summed E-state index contributed by atoms with van der Waals surface area (Å²) in [5, 5.41) is 6.51. The Morgan fingerprint density at radius 2 is 1.71 bits per heavy atom. The standard InChI is InChI=1S/C19H20N4O/c1-14-3-7-16(8-4-14)22-19-20-12-11-18(23-19)21-13-15-5-9-17(24-2)10-6-15/h3-12H,13H2,1-2H3,(H2,20,21,22,23). The average molecular weight is 320 g/mol. The first-order valence-corrected chi connectivity index (χ1v) is 7.76. The normalized spacial score (nSPS) is 10.2. The Hall–Kier alpha value is -3.08. The maximum absolute atomic E-state index is 5.16. The molecule has 2 N–H and O–H groups in total. The predicted molar refractivity (Wildman–Crippen MR) is 96.8 cm³/mol. The van der Waals surface area contributed by atoms with Gasteiger partial charge in [-0.3, -0.25) is 0 Å². The number of nitrogens with one attached hydrogen (secondary N) is 2. The van der Waals surface area contributed by atoms with Crippen molar-refractivity contribution in [3.8, 4) is 5.75 Å². The highest BCUT2D eigenvalue weighted by Gasteiger charge is 2.01. The number of rotatable bonds is 6. The van der Waals surface area contributed by atoms with Crippen LogP contribution in [-0.4, -0.2) is 17.1 Å². The van der Waals surface area contributed by atoms with Crippen molar-refractivity contribution in [3.05, 3.63) is 71.9 Å². The van der Waals surface area contributed by atoms with Crippen molar-refractivity contribution < 1.29 is 4.74 Å². The van der Waals surface area contributed by atoms with Gasteiger partial charge >= 0.3 is 0 Å². The Bertz CT molecular complexity index is 785. The zero-order chi connectivity index (χ0) is 16.8. The van der Waals surface area contributed by atoms with Crippen LogP contribution in [-0.2, 0) is 6.54 Å². The van der Waals surface area contributed by atoms with E-state index in [-0.39, 0.29) is 0 Å². The molecule has 122 valence electrons. The lowest BCUT2D eigenvalue weighted by Crippen LogP contribution is -2.04. The van der Waals surface area contributed by atoms with Gasteiger partial charge in [-0.1, -0.05) is 29.8 Å². The van der Waals surface area contributed by atoms with E-state index in [4.69, 9.17) is 4.74 Å². The molecule has 0 spiro atoms. The third-order valence-corrected chi connectivity index (χ3v) is 3.60. The van der Waals surface area contributed by atoms with Crippen molar-refractivity contribution in [3.63, 3.8) is 0 Å². The second-order valence-corrected chi connectivity index (χ2v) is 5.46. The number of hydrogen-bond acceptors (Lipinski definition) is 5. The molecule has 5 nitrogen and oxygen atoms in total. The largest absolute Gasteiger partial charge is 0.497 e. The summed E-state index contributed by atoms with van der Waals surface area (Å²) in [6.07, 6.45) is 1.74. The quantitative estimate of drug-likeness (QED) is 0.714. The molecular weight excluding hydrogens is 300 g/mol. The van der Waals surface area contributed by atoms with E-state index in [0.717, 1.165) is 22.8 Å². The molecule has 0 radical (unpaired) electrons. The number of nitrogens with zero attached hydrogens (tertiary/aromatic N) is 2. The van der Waals surface area contributed by atoms with Gasteiger partial charge in [-0.05, 0) is 42.8 Å². The maximum Gasteiger partial charge on any atom is 0.229 e. The summed E-state index contributed by atoms with van der Waals surface area (Å²) in [4.78, 5) is 8.74. The minimum absolute atomic E-state index is 0.568. The smallest absolute Gasteiger partial charge is 0.229 e. The zero-order valence-electron chi connectivity index (χ0n) is 13.8. The molecule has 3 rings (SSSR count). The molecule has 0 bridgehead atoms. The fourth-order valence-electron chi connectivity index (χ4n) is 2.22. The highest BCUT2D eigenvalue weighted by molar-refractivity contribution is 5.55. The summed E-state index contributed by atoms with van der Waals surface area (Å²) in [5.41, 5.74) is 3.34. The molecule has 0 aliphatic carbocycles. The van der Waals surface area contributed by atoms with Gasteiger partial charge in [-0.25, -0.2) is 4.98 Å². The molecule has 0 atom stereocenters. The first-order chi connectivity index (χ1) is 11.7. The van der Waals surface area contributed by atoms with Crippen LogP contribution in [0.4, 0.5) is 17.5 Å². The van der Waals surface area contributed by atoms with Crippen LogP contribution in [0, 0.1) is 6.92 Å². The molecule has 0 fully saturated rings. The first-order valence-electron chi connectivity index (χ1n) is 7.76. The minimum atomic E-state index is 0.568. The van der Waals surface area contributed by atoms with E-state index in [2.05, 4.69) is 27.5 Å². The van der Waals surface area contributed by atoms with Gasteiger partial charge in [-0.15, -0.1) is 0 Å². The van der Waals surface area contributed by atoms with Crippen molar-refractivity contribution in [2.45, 2.75) is 13.5 Å². The summed E-state index contributed by atoms with van der Waals surface area (Å²) >= 11 is 0. The SMILES string of the molecule is COc1ccc(CNc2ccnc(Nc3ccc(C)cc3)n2)cc1. The van der Waals surface area contributed by atoms with Gasteiger partial charge in [0.05, 0.1) is 7.11 Å².